The van der Waals surface area contributed by atoms with Crippen LogP contribution in [0.1, 0.15) is 40.5 Å². The summed E-state index contributed by atoms with van der Waals surface area (Å²) in [7, 11) is -3.24. The summed E-state index contributed by atoms with van der Waals surface area (Å²) in [5, 5.41) is -0.517. The van der Waals surface area contributed by atoms with Gasteiger partial charge in [-0.2, -0.15) is 0 Å². The quantitative estimate of drug-likeness (QED) is 0.694. The number of nitrogens with two attached hydrogens (primary N) is 1. The van der Waals surface area contributed by atoms with Crippen LogP contribution in [-0.4, -0.2) is 26.3 Å². The first-order chi connectivity index (χ1) is 6.83. The van der Waals surface area contributed by atoms with Crippen LogP contribution in [0.3, 0.4) is 0 Å². The normalized spacial score (nSPS) is 18.5. The second kappa shape index (κ2) is 6.45. The van der Waals surface area contributed by atoms with Crippen molar-refractivity contribution in [3.05, 3.63) is 0 Å². The van der Waals surface area contributed by atoms with E-state index in [1.54, 1.807) is 6.92 Å². The fraction of sp³-hybridized carbons (Fsp3) is 1.00. The zero-order chi connectivity index (χ0) is 12.1. The van der Waals surface area contributed by atoms with Gasteiger partial charge in [-0.25, -0.2) is 13.1 Å². The Morgan fingerprint density at radius 2 is 1.80 bits per heavy atom. The Hall–Kier alpha value is -0.130. The molecule has 15 heavy (non-hydrogen) atoms. The SMILES string of the molecule is CCC(C)CC(C)NS(=O)(=O)C(C)CN. The molecule has 3 unspecified atom stereocenters. The molecule has 92 valence electrons. The molecule has 0 aliphatic rings. The number of hydrogen-bond acceptors (Lipinski definition) is 3. The van der Waals surface area contributed by atoms with Gasteiger partial charge in [0.1, 0.15) is 0 Å². The molecule has 4 nitrogen and oxygen atoms in total. The van der Waals surface area contributed by atoms with E-state index in [9.17, 15) is 8.42 Å². The van der Waals surface area contributed by atoms with Gasteiger partial charge in [0.25, 0.3) is 0 Å². The highest BCUT2D eigenvalue weighted by Gasteiger charge is 2.21. The molecule has 0 saturated carbocycles. The zero-order valence-corrected chi connectivity index (χ0v) is 11.0. The largest absolute Gasteiger partial charge is 0.329 e. The minimum atomic E-state index is -3.24. The van der Waals surface area contributed by atoms with Crippen LogP contribution in [-0.2, 0) is 10.0 Å². The molecule has 0 aliphatic carbocycles. The minimum absolute atomic E-state index is 0.0149. The fourth-order valence-electron chi connectivity index (χ4n) is 1.34. The number of sulfonamides is 1. The molecule has 0 spiro atoms. The Morgan fingerprint density at radius 1 is 1.27 bits per heavy atom. The van der Waals surface area contributed by atoms with Crippen molar-refractivity contribution in [3.8, 4) is 0 Å². The first-order valence-corrected chi connectivity index (χ1v) is 7.09. The van der Waals surface area contributed by atoms with E-state index in [0.29, 0.717) is 5.92 Å². The highest BCUT2D eigenvalue weighted by Crippen LogP contribution is 2.10. The van der Waals surface area contributed by atoms with E-state index < -0.39 is 15.3 Å². The predicted molar refractivity (Wildman–Crippen MR) is 64.1 cm³/mol. The molecule has 0 fully saturated rings. The lowest BCUT2D eigenvalue weighted by Crippen LogP contribution is -2.41. The van der Waals surface area contributed by atoms with E-state index >= 15 is 0 Å². The van der Waals surface area contributed by atoms with E-state index in [-0.39, 0.29) is 12.6 Å². The summed E-state index contributed by atoms with van der Waals surface area (Å²) in [6.07, 6.45) is 1.94. The Labute approximate surface area is 93.7 Å². The third-order valence-corrected chi connectivity index (χ3v) is 4.66. The van der Waals surface area contributed by atoms with Crippen molar-refractivity contribution in [1.82, 2.24) is 4.72 Å². The van der Waals surface area contributed by atoms with Crippen LogP contribution in [0.25, 0.3) is 0 Å². The van der Waals surface area contributed by atoms with Crippen molar-refractivity contribution in [1.29, 1.82) is 0 Å². The lowest BCUT2D eigenvalue weighted by atomic mass is 10.0. The maximum absolute atomic E-state index is 11.7. The van der Waals surface area contributed by atoms with E-state index in [0.717, 1.165) is 12.8 Å². The Bertz CT molecular complexity index is 265. The zero-order valence-electron chi connectivity index (χ0n) is 10.2. The van der Waals surface area contributed by atoms with Crippen molar-refractivity contribution >= 4 is 10.0 Å². The van der Waals surface area contributed by atoms with E-state index in [1.807, 2.05) is 6.92 Å². The van der Waals surface area contributed by atoms with Gasteiger partial charge in [0.2, 0.25) is 10.0 Å². The van der Waals surface area contributed by atoms with Crippen LogP contribution in [0.15, 0.2) is 0 Å². The van der Waals surface area contributed by atoms with Gasteiger partial charge in [0.05, 0.1) is 5.25 Å². The number of nitrogens with one attached hydrogen (secondary N) is 1. The van der Waals surface area contributed by atoms with Gasteiger partial charge in [-0.05, 0) is 26.2 Å². The van der Waals surface area contributed by atoms with Gasteiger partial charge in [-0.3, -0.25) is 0 Å². The van der Waals surface area contributed by atoms with Gasteiger partial charge in [-0.1, -0.05) is 20.3 Å². The molecule has 5 heteroatoms. The standard InChI is InChI=1S/C10H24N2O2S/c1-5-8(2)6-9(3)12-15(13,14)10(4)7-11/h8-10,12H,5-7,11H2,1-4H3. The third kappa shape index (κ3) is 5.49. The van der Waals surface area contributed by atoms with Gasteiger partial charge in [0.15, 0.2) is 0 Å². The highest BCUT2D eigenvalue weighted by molar-refractivity contribution is 7.90. The molecule has 3 atom stereocenters. The third-order valence-electron chi connectivity index (χ3n) is 2.68. The summed E-state index contributed by atoms with van der Waals surface area (Å²) in [6, 6.07) is -0.0149. The topological polar surface area (TPSA) is 72.2 Å². The second-order valence-electron chi connectivity index (χ2n) is 4.36. The maximum Gasteiger partial charge on any atom is 0.215 e. The van der Waals surface area contributed by atoms with E-state index in [4.69, 9.17) is 5.73 Å². The van der Waals surface area contributed by atoms with Gasteiger partial charge < -0.3 is 5.73 Å². The number of hydrogen-bond donors (Lipinski definition) is 2. The lowest BCUT2D eigenvalue weighted by Gasteiger charge is -2.19. The van der Waals surface area contributed by atoms with Crippen LogP contribution in [0.4, 0.5) is 0 Å². The summed E-state index contributed by atoms with van der Waals surface area (Å²) in [5.74, 6) is 0.538. The average Bonchev–Trinajstić information content (AvgIpc) is 2.15. The molecular weight excluding hydrogens is 212 g/mol. The lowest BCUT2D eigenvalue weighted by molar-refractivity contribution is 0.444. The summed E-state index contributed by atoms with van der Waals surface area (Å²) in [6.45, 7) is 7.90. The Kier molecular flexibility index (Phi) is 6.40. The van der Waals surface area contributed by atoms with Gasteiger partial charge in [0, 0.05) is 12.6 Å². The molecule has 0 heterocycles. The van der Waals surface area contributed by atoms with Gasteiger partial charge >= 0.3 is 0 Å². The Morgan fingerprint density at radius 3 is 2.20 bits per heavy atom. The van der Waals surface area contributed by atoms with Crippen LogP contribution in [0, 0.1) is 5.92 Å². The predicted octanol–water partition coefficient (Wildman–Crippen LogP) is 1.08. The monoisotopic (exact) mass is 236 g/mol. The molecule has 0 radical (unpaired) electrons. The van der Waals surface area contributed by atoms with Gasteiger partial charge in [-0.15, -0.1) is 0 Å². The molecule has 0 aromatic rings. The van der Waals surface area contributed by atoms with Crippen LogP contribution in [0.2, 0.25) is 0 Å². The van der Waals surface area contributed by atoms with Crippen molar-refractivity contribution in [3.63, 3.8) is 0 Å². The Balaban J connectivity index is 4.22. The molecule has 3 N–H and O–H groups in total. The average molecular weight is 236 g/mol. The molecule has 0 aromatic carbocycles. The van der Waals surface area contributed by atoms with Crippen molar-refractivity contribution in [2.75, 3.05) is 6.54 Å². The fourth-order valence-corrected chi connectivity index (χ4v) is 2.48. The first-order valence-electron chi connectivity index (χ1n) is 5.54. The van der Waals surface area contributed by atoms with Crippen molar-refractivity contribution in [2.45, 2.75) is 51.8 Å². The van der Waals surface area contributed by atoms with Crippen LogP contribution >= 0.6 is 0 Å². The van der Waals surface area contributed by atoms with Crippen LogP contribution < -0.4 is 10.5 Å². The first kappa shape index (κ1) is 14.9. The minimum Gasteiger partial charge on any atom is -0.329 e. The van der Waals surface area contributed by atoms with E-state index in [1.165, 1.54) is 0 Å². The highest BCUT2D eigenvalue weighted by atomic mass is 32.2. The van der Waals surface area contributed by atoms with Crippen molar-refractivity contribution < 1.29 is 8.42 Å². The molecule has 0 aliphatic heterocycles. The van der Waals surface area contributed by atoms with Crippen molar-refractivity contribution in [2.24, 2.45) is 11.7 Å². The van der Waals surface area contributed by atoms with E-state index in [2.05, 4.69) is 18.6 Å². The molecule has 0 bridgehead atoms. The smallest absolute Gasteiger partial charge is 0.215 e. The molecule has 0 rings (SSSR count). The molecule has 0 saturated heterocycles. The second-order valence-corrected chi connectivity index (χ2v) is 6.49. The summed E-state index contributed by atoms with van der Waals surface area (Å²) in [5.41, 5.74) is 5.34. The number of rotatable bonds is 7. The summed E-state index contributed by atoms with van der Waals surface area (Å²) < 4.78 is 26.0. The molecule has 0 amide bonds. The summed E-state index contributed by atoms with van der Waals surface area (Å²) in [4.78, 5) is 0. The molecular formula is C10H24N2O2S. The summed E-state index contributed by atoms with van der Waals surface area (Å²) >= 11 is 0. The molecule has 0 aromatic heterocycles. The van der Waals surface area contributed by atoms with Crippen LogP contribution in [0.5, 0.6) is 0 Å². The maximum atomic E-state index is 11.7.